The van der Waals surface area contributed by atoms with Gasteiger partial charge in [-0.15, -0.1) is 11.3 Å². The number of hydrazine groups is 1. The predicted molar refractivity (Wildman–Crippen MR) is 76.1 cm³/mol. The molecule has 8 nitrogen and oxygen atoms in total. The molecule has 0 aliphatic heterocycles. The van der Waals surface area contributed by atoms with E-state index in [-0.39, 0.29) is 6.04 Å². The minimum Gasteiger partial charge on any atom is -0.347 e. The molecule has 2 heterocycles. The fourth-order valence-corrected chi connectivity index (χ4v) is 2.04. The van der Waals surface area contributed by atoms with Gasteiger partial charge in [-0.2, -0.15) is 15.0 Å². The maximum atomic E-state index is 5.35. The van der Waals surface area contributed by atoms with Crippen molar-refractivity contribution in [1.82, 2.24) is 19.9 Å². The number of nitrogen functional groups attached to an aromatic ring is 1. The van der Waals surface area contributed by atoms with Crippen LogP contribution in [0.15, 0.2) is 11.6 Å². The summed E-state index contributed by atoms with van der Waals surface area (Å²) in [6.07, 6.45) is 1.77. The molecule has 1 unspecified atom stereocenters. The third-order valence-corrected chi connectivity index (χ3v) is 3.28. The van der Waals surface area contributed by atoms with E-state index in [1.807, 2.05) is 26.4 Å². The van der Waals surface area contributed by atoms with Gasteiger partial charge in [0.15, 0.2) is 0 Å². The summed E-state index contributed by atoms with van der Waals surface area (Å²) in [5.74, 6) is 6.64. The van der Waals surface area contributed by atoms with Crippen LogP contribution in [0.2, 0.25) is 0 Å². The molecule has 0 spiro atoms. The lowest BCUT2D eigenvalue weighted by Crippen LogP contribution is -2.19. The van der Waals surface area contributed by atoms with E-state index in [0.717, 1.165) is 5.01 Å². The molecule has 102 valence electrons. The Hall–Kier alpha value is -2.00. The summed E-state index contributed by atoms with van der Waals surface area (Å²) in [5, 5.41) is 6.07. The first kappa shape index (κ1) is 13.4. The number of nitrogens with two attached hydrogens (primary N) is 1. The molecule has 0 fully saturated rings. The normalized spacial score (nSPS) is 12.0. The Kier molecular flexibility index (Phi) is 4.07. The van der Waals surface area contributed by atoms with Gasteiger partial charge in [-0.1, -0.05) is 0 Å². The molecule has 0 saturated heterocycles. The minimum atomic E-state index is 0.0167. The smallest absolute Gasteiger partial charge is 0.243 e. The van der Waals surface area contributed by atoms with Gasteiger partial charge in [0, 0.05) is 25.7 Å². The van der Waals surface area contributed by atoms with Gasteiger partial charge < -0.3 is 10.2 Å². The van der Waals surface area contributed by atoms with Crippen LogP contribution in [0.1, 0.15) is 18.0 Å². The lowest BCUT2D eigenvalue weighted by molar-refractivity contribution is 0.837. The molecular weight excluding hydrogens is 264 g/mol. The molecule has 9 heteroatoms. The maximum Gasteiger partial charge on any atom is 0.243 e. The van der Waals surface area contributed by atoms with Crippen LogP contribution in [-0.2, 0) is 0 Å². The third-order valence-electron chi connectivity index (χ3n) is 2.32. The van der Waals surface area contributed by atoms with Crippen molar-refractivity contribution in [3.8, 4) is 0 Å². The summed E-state index contributed by atoms with van der Waals surface area (Å²) in [6, 6.07) is 0.0167. The van der Waals surface area contributed by atoms with Crippen molar-refractivity contribution in [2.75, 3.05) is 29.7 Å². The van der Waals surface area contributed by atoms with E-state index in [0.29, 0.717) is 17.8 Å². The molecule has 1 atom stereocenters. The lowest BCUT2D eigenvalue weighted by Gasteiger charge is -2.15. The Bertz CT molecular complexity index is 526. The van der Waals surface area contributed by atoms with Gasteiger partial charge in [0.25, 0.3) is 0 Å². The molecular formula is C10H16N8S. The number of hydrogen-bond donors (Lipinski definition) is 3. The molecule has 0 aliphatic carbocycles. The summed E-state index contributed by atoms with van der Waals surface area (Å²) in [5.41, 5.74) is 2.43. The van der Waals surface area contributed by atoms with E-state index in [1.54, 1.807) is 22.4 Å². The summed E-state index contributed by atoms with van der Waals surface area (Å²) >= 11 is 1.58. The number of nitrogens with zero attached hydrogens (tertiary/aromatic N) is 5. The van der Waals surface area contributed by atoms with Gasteiger partial charge >= 0.3 is 0 Å². The Morgan fingerprint density at radius 3 is 2.58 bits per heavy atom. The zero-order chi connectivity index (χ0) is 13.8. The lowest BCUT2D eigenvalue weighted by atomic mass is 10.4. The van der Waals surface area contributed by atoms with E-state index in [1.165, 1.54) is 0 Å². The van der Waals surface area contributed by atoms with Crippen LogP contribution >= 0.6 is 11.3 Å². The largest absolute Gasteiger partial charge is 0.347 e. The molecule has 0 aromatic carbocycles. The second-order valence-electron chi connectivity index (χ2n) is 4.06. The molecule has 2 aromatic heterocycles. The van der Waals surface area contributed by atoms with Crippen LogP contribution in [0, 0.1) is 0 Å². The molecule has 2 aromatic rings. The molecule has 4 N–H and O–H groups in total. The molecule has 0 saturated carbocycles. The molecule has 0 bridgehead atoms. The zero-order valence-electron chi connectivity index (χ0n) is 11.0. The Morgan fingerprint density at radius 1 is 1.26 bits per heavy atom. The Morgan fingerprint density at radius 2 is 2.00 bits per heavy atom. The summed E-state index contributed by atoms with van der Waals surface area (Å²) < 4.78 is 0. The van der Waals surface area contributed by atoms with Crippen molar-refractivity contribution in [2.45, 2.75) is 13.0 Å². The maximum absolute atomic E-state index is 5.35. The van der Waals surface area contributed by atoms with E-state index in [4.69, 9.17) is 5.84 Å². The summed E-state index contributed by atoms with van der Waals surface area (Å²) in [6.45, 7) is 1.99. The van der Waals surface area contributed by atoms with E-state index >= 15 is 0 Å². The topological polar surface area (TPSA) is 105 Å². The number of aromatic nitrogens is 4. The first-order valence-electron chi connectivity index (χ1n) is 5.66. The van der Waals surface area contributed by atoms with Crippen LogP contribution in [-0.4, -0.2) is 34.0 Å². The van der Waals surface area contributed by atoms with Gasteiger partial charge in [-0.05, 0) is 6.92 Å². The number of nitrogens with one attached hydrogen (secondary N) is 2. The highest BCUT2D eigenvalue weighted by molar-refractivity contribution is 7.09. The van der Waals surface area contributed by atoms with Crippen LogP contribution in [0.3, 0.4) is 0 Å². The average Bonchev–Trinajstić information content (AvgIpc) is 2.92. The third kappa shape index (κ3) is 3.26. The number of hydrogen-bond acceptors (Lipinski definition) is 9. The first-order chi connectivity index (χ1) is 9.10. The van der Waals surface area contributed by atoms with Crippen LogP contribution in [0.4, 0.5) is 17.8 Å². The zero-order valence-corrected chi connectivity index (χ0v) is 11.8. The molecule has 0 amide bonds. The monoisotopic (exact) mass is 280 g/mol. The predicted octanol–water partition coefficient (Wildman–Crippen LogP) is 0.853. The van der Waals surface area contributed by atoms with Gasteiger partial charge in [-0.25, -0.2) is 10.8 Å². The number of anilines is 3. The SMILES string of the molecule is CC(Nc1nc(NN)nc(N(C)C)n1)c1nccs1. The second-order valence-corrected chi connectivity index (χ2v) is 4.98. The summed E-state index contributed by atoms with van der Waals surface area (Å²) in [4.78, 5) is 18.6. The fraction of sp³-hybridized carbons (Fsp3) is 0.400. The number of rotatable bonds is 5. The van der Waals surface area contributed by atoms with E-state index in [9.17, 15) is 0 Å². The van der Waals surface area contributed by atoms with Gasteiger partial charge in [0.05, 0.1) is 6.04 Å². The van der Waals surface area contributed by atoms with Crippen LogP contribution in [0.5, 0.6) is 0 Å². The standard InChI is InChI=1S/C10H16N8S/c1-6(7-12-4-5-19-7)13-8-14-9(17-11)16-10(15-8)18(2)3/h4-6H,11H2,1-3H3,(H2,13,14,15,16,17). The van der Waals surface area contributed by atoms with Crippen molar-refractivity contribution in [3.05, 3.63) is 16.6 Å². The van der Waals surface area contributed by atoms with Crippen molar-refractivity contribution >= 4 is 29.2 Å². The van der Waals surface area contributed by atoms with Gasteiger partial charge in [0.2, 0.25) is 17.8 Å². The highest BCUT2D eigenvalue weighted by Gasteiger charge is 2.12. The molecule has 0 radical (unpaired) electrons. The van der Waals surface area contributed by atoms with E-state index in [2.05, 4.69) is 30.7 Å². The second kappa shape index (κ2) is 5.76. The first-order valence-corrected chi connectivity index (χ1v) is 6.54. The minimum absolute atomic E-state index is 0.0167. The van der Waals surface area contributed by atoms with Crippen LogP contribution < -0.4 is 21.5 Å². The van der Waals surface area contributed by atoms with Gasteiger partial charge in [-0.3, -0.25) is 5.43 Å². The Balaban J connectivity index is 2.21. The van der Waals surface area contributed by atoms with Crippen molar-refractivity contribution in [1.29, 1.82) is 0 Å². The van der Waals surface area contributed by atoms with Crippen LogP contribution in [0.25, 0.3) is 0 Å². The quantitative estimate of drug-likeness (QED) is 0.547. The molecule has 0 aliphatic rings. The van der Waals surface area contributed by atoms with Gasteiger partial charge in [0.1, 0.15) is 5.01 Å². The number of thiazole rings is 1. The molecule has 2 rings (SSSR count). The van der Waals surface area contributed by atoms with Crippen molar-refractivity contribution < 1.29 is 0 Å². The van der Waals surface area contributed by atoms with E-state index < -0.39 is 0 Å². The highest BCUT2D eigenvalue weighted by atomic mass is 32.1. The highest BCUT2D eigenvalue weighted by Crippen LogP contribution is 2.20. The Labute approximate surface area is 115 Å². The van der Waals surface area contributed by atoms with Crippen molar-refractivity contribution in [2.24, 2.45) is 5.84 Å². The summed E-state index contributed by atoms with van der Waals surface area (Å²) in [7, 11) is 3.70. The average molecular weight is 280 g/mol. The van der Waals surface area contributed by atoms with Crippen molar-refractivity contribution in [3.63, 3.8) is 0 Å². The molecule has 19 heavy (non-hydrogen) atoms. The fourth-order valence-electron chi connectivity index (χ4n) is 1.40.